The van der Waals surface area contributed by atoms with Gasteiger partial charge in [-0.3, -0.25) is 4.79 Å². The zero-order chi connectivity index (χ0) is 13.5. The summed E-state index contributed by atoms with van der Waals surface area (Å²) in [7, 11) is 0. The van der Waals surface area contributed by atoms with Crippen molar-refractivity contribution in [1.29, 1.82) is 0 Å². The number of amides is 1. The number of benzene rings is 1. The molecule has 19 heavy (non-hydrogen) atoms. The monoisotopic (exact) mass is 260 g/mol. The normalized spacial score (nSPS) is 14.8. The number of rotatable bonds is 5. The Bertz CT molecular complexity index is 469. The van der Waals surface area contributed by atoms with Gasteiger partial charge in [0.05, 0.1) is 6.42 Å². The molecule has 0 radical (unpaired) electrons. The van der Waals surface area contributed by atoms with Gasteiger partial charge in [-0.15, -0.1) is 0 Å². The minimum Gasteiger partial charge on any atom is -0.508 e. The van der Waals surface area contributed by atoms with Crippen LogP contribution in [0.3, 0.4) is 0 Å². The molecule has 0 unspecified atom stereocenters. The van der Waals surface area contributed by atoms with Crippen molar-refractivity contribution >= 4 is 5.91 Å². The second-order valence-electron chi connectivity index (χ2n) is 4.72. The van der Waals surface area contributed by atoms with Crippen molar-refractivity contribution in [2.24, 2.45) is 0 Å². The molecule has 2 rings (SSSR count). The first-order valence-electron chi connectivity index (χ1n) is 6.68. The lowest BCUT2D eigenvalue weighted by molar-refractivity contribution is -0.120. The molecule has 3 N–H and O–H groups in total. The lowest BCUT2D eigenvalue weighted by atomic mass is 10.1. The van der Waals surface area contributed by atoms with Crippen LogP contribution in [-0.4, -0.2) is 30.6 Å². The average molecular weight is 260 g/mol. The third-order valence-corrected chi connectivity index (χ3v) is 3.27. The fourth-order valence-electron chi connectivity index (χ4n) is 2.15. The summed E-state index contributed by atoms with van der Waals surface area (Å²) in [5.74, 6) is 0.134. The van der Waals surface area contributed by atoms with Crippen molar-refractivity contribution in [2.45, 2.75) is 19.3 Å². The van der Waals surface area contributed by atoms with Crippen LogP contribution in [0.2, 0.25) is 0 Å². The minimum absolute atomic E-state index is 0.0453. The molecule has 1 amide bonds. The summed E-state index contributed by atoms with van der Waals surface area (Å²) in [4.78, 5) is 11.8. The largest absolute Gasteiger partial charge is 0.508 e. The molecule has 0 spiro atoms. The van der Waals surface area contributed by atoms with Crippen molar-refractivity contribution < 1.29 is 9.90 Å². The van der Waals surface area contributed by atoms with E-state index in [-0.39, 0.29) is 18.1 Å². The van der Waals surface area contributed by atoms with Gasteiger partial charge in [-0.1, -0.05) is 29.8 Å². The Morgan fingerprint density at radius 2 is 2.21 bits per heavy atom. The van der Waals surface area contributed by atoms with Gasteiger partial charge in [0.1, 0.15) is 5.75 Å². The summed E-state index contributed by atoms with van der Waals surface area (Å²) in [6, 6.07) is 6.94. The Labute approximate surface area is 113 Å². The van der Waals surface area contributed by atoms with Gasteiger partial charge in [0.25, 0.3) is 0 Å². The average Bonchev–Trinajstić information content (AvgIpc) is 2.43. The Morgan fingerprint density at radius 1 is 1.37 bits per heavy atom. The van der Waals surface area contributed by atoms with Crippen LogP contribution < -0.4 is 10.6 Å². The third-order valence-electron chi connectivity index (χ3n) is 3.27. The number of nitrogens with one attached hydrogen (secondary N) is 2. The molecule has 1 aliphatic rings. The number of carbonyl (C=O) groups excluding carboxylic acids is 1. The highest BCUT2D eigenvalue weighted by Gasteiger charge is 2.07. The van der Waals surface area contributed by atoms with E-state index in [9.17, 15) is 9.90 Å². The smallest absolute Gasteiger partial charge is 0.224 e. The van der Waals surface area contributed by atoms with Crippen molar-refractivity contribution in [1.82, 2.24) is 10.6 Å². The number of aromatic hydroxyl groups is 1. The van der Waals surface area contributed by atoms with Crippen molar-refractivity contribution in [3.63, 3.8) is 0 Å². The van der Waals surface area contributed by atoms with E-state index in [4.69, 9.17) is 0 Å². The van der Waals surface area contributed by atoms with Gasteiger partial charge in [-0.25, -0.2) is 0 Å². The maximum absolute atomic E-state index is 11.8. The molecule has 0 atom stereocenters. The zero-order valence-electron chi connectivity index (χ0n) is 11.0. The van der Waals surface area contributed by atoms with E-state index in [1.165, 1.54) is 5.57 Å². The highest BCUT2D eigenvalue weighted by atomic mass is 16.3. The maximum atomic E-state index is 11.8. The molecular weight excluding hydrogens is 240 g/mol. The van der Waals surface area contributed by atoms with Crippen LogP contribution >= 0.6 is 0 Å². The summed E-state index contributed by atoms with van der Waals surface area (Å²) >= 11 is 0. The fraction of sp³-hybridized carbons (Fsp3) is 0.400. The number of phenolic OH excluding ortho intramolecular Hbond substituents is 1. The first-order valence-corrected chi connectivity index (χ1v) is 6.68. The van der Waals surface area contributed by atoms with E-state index in [1.807, 2.05) is 6.07 Å². The van der Waals surface area contributed by atoms with Gasteiger partial charge in [0.2, 0.25) is 5.91 Å². The SMILES string of the molecule is O=C(Cc1ccccc1O)NCCC1=CCNCC1. The minimum atomic E-state index is -0.0453. The summed E-state index contributed by atoms with van der Waals surface area (Å²) in [5, 5.41) is 15.7. The molecule has 102 valence electrons. The number of phenols is 1. The second-order valence-corrected chi connectivity index (χ2v) is 4.72. The van der Waals surface area contributed by atoms with Gasteiger partial charge in [-0.2, -0.15) is 0 Å². The predicted octanol–water partition coefficient (Wildman–Crippen LogP) is 1.36. The van der Waals surface area contributed by atoms with Crippen LogP contribution in [0.25, 0.3) is 0 Å². The zero-order valence-corrected chi connectivity index (χ0v) is 11.0. The summed E-state index contributed by atoms with van der Waals surface area (Å²) in [6.45, 7) is 2.62. The van der Waals surface area contributed by atoms with Gasteiger partial charge in [-0.05, 0) is 25.5 Å². The molecule has 0 saturated heterocycles. The Balaban J connectivity index is 1.73. The van der Waals surface area contributed by atoms with Gasteiger partial charge >= 0.3 is 0 Å². The van der Waals surface area contributed by atoms with E-state index in [2.05, 4.69) is 16.7 Å². The number of hydrogen-bond donors (Lipinski definition) is 3. The van der Waals surface area contributed by atoms with E-state index in [0.717, 1.165) is 25.9 Å². The molecule has 1 aliphatic heterocycles. The molecule has 1 aromatic carbocycles. The molecule has 0 aromatic heterocycles. The highest BCUT2D eigenvalue weighted by molar-refractivity contribution is 5.79. The first-order chi connectivity index (χ1) is 9.25. The van der Waals surface area contributed by atoms with Crippen LogP contribution in [0.5, 0.6) is 5.75 Å². The van der Waals surface area contributed by atoms with Crippen LogP contribution in [0, 0.1) is 0 Å². The van der Waals surface area contributed by atoms with E-state index in [0.29, 0.717) is 12.1 Å². The predicted molar refractivity (Wildman–Crippen MR) is 75.0 cm³/mol. The Morgan fingerprint density at radius 3 is 2.95 bits per heavy atom. The number of carbonyl (C=O) groups is 1. The molecule has 0 bridgehead atoms. The lowest BCUT2D eigenvalue weighted by Crippen LogP contribution is -2.27. The van der Waals surface area contributed by atoms with Crippen molar-refractivity contribution in [3.05, 3.63) is 41.5 Å². The molecule has 1 aromatic rings. The van der Waals surface area contributed by atoms with Gasteiger partial charge in [0.15, 0.2) is 0 Å². The summed E-state index contributed by atoms with van der Waals surface area (Å²) in [6.07, 6.45) is 4.40. The molecule has 0 saturated carbocycles. The fourth-order valence-corrected chi connectivity index (χ4v) is 2.15. The lowest BCUT2D eigenvalue weighted by Gasteiger charge is -2.14. The molecule has 0 fully saturated rings. The molecular formula is C15H20N2O2. The summed E-state index contributed by atoms with van der Waals surface area (Å²) < 4.78 is 0. The van der Waals surface area contributed by atoms with Crippen molar-refractivity contribution in [3.8, 4) is 5.75 Å². The van der Waals surface area contributed by atoms with Gasteiger partial charge in [0, 0.05) is 18.7 Å². The Kier molecular flexibility index (Phi) is 4.98. The molecule has 4 nitrogen and oxygen atoms in total. The molecule has 0 aliphatic carbocycles. The van der Waals surface area contributed by atoms with E-state index < -0.39 is 0 Å². The van der Waals surface area contributed by atoms with Crippen LogP contribution in [-0.2, 0) is 11.2 Å². The van der Waals surface area contributed by atoms with E-state index in [1.54, 1.807) is 18.2 Å². The third kappa shape index (κ3) is 4.41. The van der Waals surface area contributed by atoms with Crippen LogP contribution in [0.1, 0.15) is 18.4 Å². The Hall–Kier alpha value is -1.81. The van der Waals surface area contributed by atoms with Crippen molar-refractivity contribution in [2.75, 3.05) is 19.6 Å². The second kappa shape index (κ2) is 6.95. The quantitative estimate of drug-likeness (QED) is 0.701. The number of para-hydroxylation sites is 1. The first kappa shape index (κ1) is 13.6. The highest BCUT2D eigenvalue weighted by Crippen LogP contribution is 2.15. The standard InChI is InChI=1S/C15H20N2O2/c18-14-4-2-1-3-13(14)11-15(19)17-10-7-12-5-8-16-9-6-12/h1-5,16,18H,6-11H2,(H,17,19). The topological polar surface area (TPSA) is 61.4 Å². The number of hydrogen-bond acceptors (Lipinski definition) is 3. The molecule has 4 heteroatoms. The van der Waals surface area contributed by atoms with E-state index >= 15 is 0 Å². The molecule has 1 heterocycles. The van der Waals surface area contributed by atoms with Crippen LogP contribution in [0.4, 0.5) is 0 Å². The van der Waals surface area contributed by atoms with Gasteiger partial charge < -0.3 is 15.7 Å². The van der Waals surface area contributed by atoms with Crippen LogP contribution in [0.15, 0.2) is 35.9 Å². The maximum Gasteiger partial charge on any atom is 0.224 e. The summed E-state index contributed by atoms with van der Waals surface area (Å²) in [5.41, 5.74) is 2.07.